The first kappa shape index (κ1) is 30.1. The number of anilines is 3. The van der Waals surface area contributed by atoms with Gasteiger partial charge in [-0.05, 0) is 48.5 Å². The molecule has 8 nitrogen and oxygen atoms in total. The predicted molar refractivity (Wildman–Crippen MR) is 158 cm³/mol. The molecule has 14 heteroatoms. The van der Waals surface area contributed by atoms with Gasteiger partial charge < -0.3 is 4.90 Å². The molecular formula is C26H22Cl3FN4O4S2. The number of nitrogens with zero attached hydrogens (tertiary/aromatic N) is 4. The van der Waals surface area contributed by atoms with Crippen LogP contribution in [0.3, 0.4) is 0 Å². The summed E-state index contributed by atoms with van der Waals surface area (Å²) in [6.45, 7) is 0. The zero-order valence-corrected chi connectivity index (χ0v) is 25.2. The minimum atomic E-state index is -2.23. The van der Waals surface area contributed by atoms with E-state index in [0.29, 0.717) is 21.2 Å². The van der Waals surface area contributed by atoms with Crippen molar-refractivity contribution in [3.63, 3.8) is 0 Å². The van der Waals surface area contributed by atoms with Gasteiger partial charge in [0.2, 0.25) is 9.63 Å². The number of urea groups is 1. The van der Waals surface area contributed by atoms with Gasteiger partial charge in [-0.2, -0.15) is 0 Å². The number of imide groups is 1. The Kier molecular flexibility index (Phi) is 9.01. The Morgan fingerprint density at radius 1 is 0.875 bits per heavy atom. The highest BCUT2D eigenvalue weighted by Crippen LogP contribution is 2.42. The molecular weight excluding hydrogens is 622 g/mol. The van der Waals surface area contributed by atoms with Gasteiger partial charge in [0.15, 0.2) is 6.17 Å². The number of rotatable bonds is 7. The molecule has 3 unspecified atom stereocenters. The molecule has 3 amide bonds. The van der Waals surface area contributed by atoms with Crippen molar-refractivity contribution in [2.45, 2.75) is 19.7 Å². The molecule has 1 heterocycles. The summed E-state index contributed by atoms with van der Waals surface area (Å²) in [6.07, 6.45) is 1.48. The standard InChI is InChI=1S/C26H22Cl3FN4O4S2/c1-32-23(35)22(34(25(32)36)21-13-5-4-12-20(21)30)31-24(26(27,28)29)33(16-8-6-10-18(14-16)39(2)37)17-9-7-11-19(15-17)40(3)38/h4-15,24H,1-3H3. The molecule has 3 aromatic carbocycles. The summed E-state index contributed by atoms with van der Waals surface area (Å²) in [4.78, 5) is 34.7. The van der Waals surface area contributed by atoms with Crippen molar-refractivity contribution in [2.75, 3.05) is 29.4 Å². The second-order valence-corrected chi connectivity index (χ2v) is 13.7. The largest absolute Gasteiger partial charge is 0.337 e. The number of halogens is 4. The minimum absolute atomic E-state index is 0.217. The van der Waals surface area contributed by atoms with E-state index in [1.165, 1.54) is 42.7 Å². The number of carbonyl (C=O) groups is 2. The smallest absolute Gasteiger partial charge is 0.315 e. The number of benzene rings is 3. The monoisotopic (exact) mass is 642 g/mol. The lowest BCUT2D eigenvalue weighted by molar-refractivity contribution is -0.119. The Hall–Kier alpha value is -2.83. The maximum Gasteiger partial charge on any atom is 0.337 e. The first-order valence-electron chi connectivity index (χ1n) is 11.5. The highest BCUT2D eigenvalue weighted by molar-refractivity contribution is 7.84. The molecule has 40 heavy (non-hydrogen) atoms. The number of likely N-dealkylation sites (N-methyl/N-ethyl adjacent to an activating group) is 1. The third-order valence-corrected chi connectivity index (χ3v) is 8.34. The summed E-state index contributed by atoms with van der Waals surface area (Å²) in [6, 6.07) is 17.6. The SMILES string of the molecule is CN1C(=O)C(=NC(N(c2cccc(S(C)=O)c2)c2cccc(S(C)=O)c2)C(Cl)(Cl)Cl)N(c2ccccc2F)C1=O. The topological polar surface area (TPSA) is 90.4 Å². The lowest BCUT2D eigenvalue weighted by atomic mass is 10.2. The molecule has 0 aromatic heterocycles. The van der Waals surface area contributed by atoms with Crippen LogP contribution in [0.1, 0.15) is 0 Å². The van der Waals surface area contributed by atoms with Crippen LogP contribution in [0, 0.1) is 5.82 Å². The zero-order chi connectivity index (χ0) is 29.4. The molecule has 3 atom stereocenters. The summed E-state index contributed by atoms with van der Waals surface area (Å²) < 4.78 is 37.2. The average Bonchev–Trinajstić information content (AvgIpc) is 3.11. The fraction of sp³-hybridized carbons (Fsp3) is 0.192. The highest BCUT2D eigenvalue weighted by Gasteiger charge is 2.46. The molecule has 0 N–H and O–H groups in total. The normalized spacial score (nSPS) is 17.3. The molecule has 210 valence electrons. The molecule has 1 saturated heterocycles. The molecule has 0 radical (unpaired) electrons. The summed E-state index contributed by atoms with van der Waals surface area (Å²) in [5.74, 6) is -2.10. The van der Waals surface area contributed by atoms with Gasteiger partial charge in [-0.1, -0.05) is 59.1 Å². The van der Waals surface area contributed by atoms with Crippen LogP contribution in [0.25, 0.3) is 0 Å². The first-order valence-corrected chi connectivity index (χ1v) is 15.7. The van der Waals surface area contributed by atoms with Crippen LogP contribution in [-0.2, 0) is 26.4 Å². The molecule has 1 aliphatic heterocycles. The van der Waals surface area contributed by atoms with Crippen molar-refractivity contribution in [1.82, 2.24) is 4.90 Å². The molecule has 0 saturated carbocycles. The van der Waals surface area contributed by atoms with Gasteiger partial charge in [0.05, 0.1) is 5.69 Å². The lowest BCUT2D eigenvalue weighted by Crippen LogP contribution is -2.43. The Balaban J connectivity index is 2.00. The van der Waals surface area contributed by atoms with Gasteiger partial charge in [0, 0.05) is 62.3 Å². The molecule has 0 spiro atoms. The van der Waals surface area contributed by atoms with Crippen LogP contribution in [0.15, 0.2) is 87.6 Å². The van der Waals surface area contributed by atoms with E-state index >= 15 is 0 Å². The van der Waals surface area contributed by atoms with Gasteiger partial charge in [-0.25, -0.2) is 19.1 Å². The third-order valence-electron chi connectivity index (χ3n) is 5.92. The van der Waals surface area contributed by atoms with Crippen LogP contribution in [0.5, 0.6) is 0 Å². The van der Waals surface area contributed by atoms with Crippen molar-refractivity contribution in [1.29, 1.82) is 0 Å². The Bertz CT molecular complexity index is 1510. The second kappa shape index (κ2) is 12.0. The average molecular weight is 644 g/mol. The predicted octanol–water partition coefficient (Wildman–Crippen LogP) is 5.63. The van der Waals surface area contributed by atoms with Crippen LogP contribution in [0.2, 0.25) is 0 Å². The van der Waals surface area contributed by atoms with Crippen molar-refractivity contribution < 1.29 is 22.4 Å². The van der Waals surface area contributed by atoms with Gasteiger partial charge in [0.1, 0.15) is 5.82 Å². The number of aliphatic imine (C=N–C) groups is 1. The number of hydrogen-bond acceptors (Lipinski definition) is 6. The fourth-order valence-corrected chi connectivity index (χ4v) is 5.54. The van der Waals surface area contributed by atoms with Gasteiger partial charge >= 0.3 is 6.03 Å². The fourth-order valence-electron chi connectivity index (χ4n) is 3.99. The number of carbonyl (C=O) groups excluding carboxylic acids is 2. The minimum Gasteiger partial charge on any atom is -0.315 e. The second-order valence-electron chi connectivity index (χ2n) is 8.57. The summed E-state index contributed by atoms with van der Waals surface area (Å²) in [7, 11) is -1.53. The van der Waals surface area contributed by atoms with E-state index in [1.807, 2.05) is 0 Å². The van der Waals surface area contributed by atoms with E-state index < -0.39 is 55.1 Å². The molecule has 1 aliphatic rings. The van der Waals surface area contributed by atoms with Crippen LogP contribution < -0.4 is 9.80 Å². The summed E-state index contributed by atoms with van der Waals surface area (Å²) in [5, 5.41) is 0. The van der Waals surface area contributed by atoms with Crippen molar-refractivity contribution in [3.05, 3.63) is 78.6 Å². The Morgan fingerprint density at radius 2 is 1.40 bits per heavy atom. The van der Waals surface area contributed by atoms with E-state index in [-0.39, 0.29) is 5.69 Å². The molecule has 4 rings (SSSR count). The molecule has 0 bridgehead atoms. The van der Waals surface area contributed by atoms with E-state index in [9.17, 15) is 22.4 Å². The van der Waals surface area contributed by atoms with E-state index in [4.69, 9.17) is 34.8 Å². The summed E-state index contributed by atoms with van der Waals surface area (Å²) >= 11 is 19.4. The Morgan fingerprint density at radius 3 is 1.88 bits per heavy atom. The van der Waals surface area contributed by atoms with E-state index in [2.05, 4.69) is 4.99 Å². The third kappa shape index (κ3) is 6.08. The molecule has 3 aromatic rings. The number of amidine groups is 1. The zero-order valence-electron chi connectivity index (χ0n) is 21.3. The maximum atomic E-state index is 14.8. The van der Waals surface area contributed by atoms with Crippen molar-refractivity contribution in [3.8, 4) is 0 Å². The maximum absolute atomic E-state index is 14.8. The number of para-hydroxylation sites is 1. The lowest BCUT2D eigenvalue weighted by Gasteiger charge is -2.36. The van der Waals surface area contributed by atoms with Crippen molar-refractivity contribution in [2.24, 2.45) is 4.99 Å². The molecule has 1 fully saturated rings. The number of alkyl halides is 3. The van der Waals surface area contributed by atoms with Crippen LogP contribution in [0.4, 0.5) is 26.2 Å². The van der Waals surface area contributed by atoms with Crippen LogP contribution >= 0.6 is 34.8 Å². The van der Waals surface area contributed by atoms with Crippen molar-refractivity contribution >= 4 is 91.2 Å². The quantitative estimate of drug-likeness (QED) is 0.246. The first-order chi connectivity index (χ1) is 18.8. The van der Waals surface area contributed by atoms with Crippen LogP contribution in [-0.4, -0.2) is 60.6 Å². The number of amides is 3. The highest BCUT2D eigenvalue weighted by atomic mass is 35.6. The van der Waals surface area contributed by atoms with Gasteiger partial charge in [0.25, 0.3) is 5.91 Å². The summed E-state index contributed by atoms with van der Waals surface area (Å²) in [5.41, 5.74) is 0.523. The van der Waals surface area contributed by atoms with E-state index in [0.717, 1.165) is 15.9 Å². The Labute approximate surface area is 250 Å². The van der Waals surface area contributed by atoms with Gasteiger partial charge in [-0.15, -0.1) is 0 Å². The van der Waals surface area contributed by atoms with E-state index in [1.54, 1.807) is 48.5 Å². The van der Waals surface area contributed by atoms with Gasteiger partial charge in [-0.3, -0.25) is 18.1 Å². The number of hydrogen-bond donors (Lipinski definition) is 0. The molecule has 0 aliphatic carbocycles.